The van der Waals surface area contributed by atoms with Gasteiger partial charge in [0, 0.05) is 5.54 Å². The smallest absolute Gasteiger partial charge is 0.313 e. The van der Waals surface area contributed by atoms with Gasteiger partial charge < -0.3 is 10.5 Å². The molecule has 0 radical (unpaired) electrons. The van der Waals surface area contributed by atoms with Crippen molar-refractivity contribution in [2.45, 2.75) is 78.9 Å². The molecule has 1 aliphatic rings. The Bertz CT molecular complexity index is 595. The number of fused-ring (bicyclic) bond motifs is 1. The molecule has 3 nitrogen and oxygen atoms in total. The molecule has 0 saturated heterocycles. The van der Waals surface area contributed by atoms with E-state index in [1.807, 2.05) is 26.8 Å². The lowest BCUT2D eigenvalue weighted by Crippen LogP contribution is -2.49. The zero-order valence-electron chi connectivity index (χ0n) is 16.1. The van der Waals surface area contributed by atoms with Crippen LogP contribution in [0, 0.1) is 10.8 Å². The van der Waals surface area contributed by atoms with Crippen molar-refractivity contribution in [2.75, 3.05) is 0 Å². The number of hydrogen-bond acceptors (Lipinski definition) is 3. The lowest BCUT2D eigenvalue weighted by Gasteiger charge is -2.44. The van der Waals surface area contributed by atoms with Crippen LogP contribution in [0.15, 0.2) is 24.3 Å². The molecule has 2 rings (SSSR count). The van der Waals surface area contributed by atoms with Crippen LogP contribution in [0.5, 0.6) is 0 Å². The summed E-state index contributed by atoms with van der Waals surface area (Å²) >= 11 is 0. The van der Waals surface area contributed by atoms with Gasteiger partial charge in [0.15, 0.2) is 0 Å². The minimum absolute atomic E-state index is 0.129. The highest BCUT2D eigenvalue weighted by Gasteiger charge is 2.48. The van der Waals surface area contributed by atoms with Gasteiger partial charge >= 0.3 is 5.97 Å². The highest BCUT2D eigenvalue weighted by Crippen LogP contribution is 2.46. The quantitative estimate of drug-likeness (QED) is 0.807. The number of esters is 1. The van der Waals surface area contributed by atoms with Crippen LogP contribution < -0.4 is 5.73 Å². The zero-order valence-corrected chi connectivity index (χ0v) is 16.1. The van der Waals surface area contributed by atoms with Gasteiger partial charge in [-0.25, -0.2) is 0 Å². The lowest BCUT2D eigenvalue weighted by molar-refractivity contribution is -0.170. The van der Waals surface area contributed by atoms with Crippen molar-refractivity contribution in [1.82, 2.24) is 0 Å². The Labute approximate surface area is 147 Å². The molecule has 0 amide bonds. The Morgan fingerprint density at radius 3 is 2.38 bits per heavy atom. The summed E-state index contributed by atoms with van der Waals surface area (Å²) < 4.78 is 6.06. The highest BCUT2D eigenvalue weighted by molar-refractivity contribution is 5.78. The van der Waals surface area contributed by atoms with Gasteiger partial charge in [0.1, 0.15) is 6.10 Å². The minimum Gasteiger partial charge on any atom is -0.457 e. The predicted molar refractivity (Wildman–Crippen MR) is 98.7 cm³/mol. The normalized spacial score (nSPS) is 20.9. The molecule has 2 unspecified atom stereocenters. The molecule has 3 heteroatoms. The molecule has 0 aliphatic heterocycles. The number of benzene rings is 1. The molecule has 0 saturated carbocycles. The molecule has 0 aromatic heterocycles. The van der Waals surface area contributed by atoms with Gasteiger partial charge in [-0.3, -0.25) is 4.79 Å². The van der Waals surface area contributed by atoms with Crippen LogP contribution in [0.25, 0.3) is 0 Å². The van der Waals surface area contributed by atoms with E-state index in [1.54, 1.807) is 0 Å². The standard InChI is InChI=1S/C21H33NO2/c1-19(2,3)21(6,14-20(4,5)22)18(23)24-17-13-9-11-15-10-7-8-12-16(15)17/h7-8,10,12,17H,9,11,13-14,22H2,1-6H3. The highest BCUT2D eigenvalue weighted by atomic mass is 16.5. The molecule has 1 aliphatic carbocycles. The second-order valence-electron chi connectivity index (χ2n) is 9.23. The molecule has 0 spiro atoms. The van der Waals surface area contributed by atoms with Crippen molar-refractivity contribution in [3.05, 3.63) is 35.4 Å². The third-order valence-electron chi connectivity index (χ3n) is 5.48. The monoisotopic (exact) mass is 331 g/mol. The van der Waals surface area contributed by atoms with E-state index >= 15 is 0 Å². The second kappa shape index (κ2) is 6.51. The molecule has 134 valence electrons. The summed E-state index contributed by atoms with van der Waals surface area (Å²) in [5, 5.41) is 0. The summed E-state index contributed by atoms with van der Waals surface area (Å²) in [5.41, 5.74) is 7.45. The summed E-state index contributed by atoms with van der Waals surface area (Å²) in [4.78, 5) is 13.2. The van der Waals surface area contributed by atoms with Crippen molar-refractivity contribution in [2.24, 2.45) is 16.6 Å². The van der Waals surface area contributed by atoms with E-state index < -0.39 is 11.0 Å². The summed E-state index contributed by atoms with van der Waals surface area (Å²) in [6.07, 6.45) is 3.48. The van der Waals surface area contributed by atoms with E-state index in [9.17, 15) is 4.79 Å². The average molecular weight is 332 g/mol. The number of nitrogens with two attached hydrogens (primary N) is 1. The number of rotatable bonds is 4. The third-order valence-corrected chi connectivity index (χ3v) is 5.48. The first-order valence-corrected chi connectivity index (χ1v) is 9.02. The number of ether oxygens (including phenoxy) is 1. The lowest BCUT2D eigenvalue weighted by atomic mass is 9.63. The van der Waals surface area contributed by atoms with Gasteiger partial charge in [-0.05, 0) is 63.0 Å². The Morgan fingerprint density at radius 2 is 1.79 bits per heavy atom. The number of hydrogen-bond donors (Lipinski definition) is 1. The van der Waals surface area contributed by atoms with E-state index in [2.05, 4.69) is 39.0 Å². The summed E-state index contributed by atoms with van der Waals surface area (Å²) in [6.45, 7) is 12.2. The van der Waals surface area contributed by atoms with Gasteiger partial charge in [-0.2, -0.15) is 0 Å². The fourth-order valence-electron chi connectivity index (χ4n) is 3.65. The maximum Gasteiger partial charge on any atom is 0.313 e. The van der Waals surface area contributed by atoms with Crippen LogP contribution in [0.1, 0.15) is 78.0 Å². The van der Waals surface area contributed by atoms with Crippen molar-refractivity contribution in [1.29, 1.82) is 0 Å². The molecule has 24 heavy (non-hydrogen) atoms. The van der Waals surface area contributed by atoms with Crippen molar-refractivity contribution >= 4 is 5.97 Å². The molecular weight excluding hydrogens is 298 g/mol. The number of carbonyl (C=O) groups is 1. The predicted octanol–water partition coefficient (Wildman–Crippen LogP) is 4.79. The summed E-state index contributed by atoms with van der Waals surface area (Å²) in [6, 6.07) is 8.31. The van der Waals surface area contributed by atoms with Crippen LogP contribution in [-0.2, 0) is 16.0 Å². The van der Waals surface area contributed by atoms with E-state index in [0.717, 1.165) is 19.3 Å². The molecule has 0 heterocycles. The van der Waals surface area contributed by atoms with Gasteiger partial charge in [0.2, 0.25) is 0 Å². The number of aryl methyl sites for hydroxylation is 1. The van der Waals surface area contributed by atoms with Crippen LogP contribution in [0.2, 0.25) is 0 Å². The van der Waals surface area contributed by atoms with Crippen LogP contribution in [-0.4, -0.2) is 11.5 Å². The van der Waals surface area contributed by atoms with Crippen molar-refractivity contribution in [3.8, 4) is 0 Å². The SMILES string of the molecule is CC(C)(N)CC(C)(C(=O)OC1CCCc2ccccc21)C(C)(C)C. The van der Waals surface area contributed by atoms with Crippen LogP contribution in [0.3, 0.4) is 0 Å². The zero-order chi connectivity index (χ0) is 18.2. The molecule has 1 aromatic carbocycles. The van der Waals surface area contributed by atoms with Crippen LogP contribution in [0.4, 0.5) is 0 Å². The Morgan fingerprint density at radius 1 is 1.17 bits per heavy atom. The first kappa shape index (κ1) is 19.0. The van der Waals surface area contributed by atoms with Crippen molar-refractivity contribution in [3.63, 3.8) is 0 Å². The van der Waals surface area contributed by atoms with E-state index in [4.69, 9.17) is 10.5 Å². The first-order valence-electron chi connectivity index (χ1n) is 9.02. The van der Waals surface area contributed by atoms with Crippen molar-refractivity contribution < 1.29 is 9.53 Å². The van der Waals surface area contributed by atoms with Crippen LogP contribution >= 0.6 is 0 Å². The molecule has 2 atom stereocenters. The largest absolute Gasteiger partial charge is 0.457 e. The Balaban J connectivity index is 2.26. The average Bonchev–Trinajstić information content (AvgIpc) is 2.44. The van der Waals surface area contributed by atoms with E-state index in [-0.39, 0.29) is 17.5 Å². The first-order chi connectivity index (χ1) is 10.9. The molecule has 0 fully saturated rings. The maximum atomic E-state index is 13.2. The van der Waals surface area contributed by atoms with E-state index in [0.29, 0.717) is 6.42 Å². The second-order valence-corrected chi connectivity index (χ2v) is 9.23. The van der Waals surface area contributed by atoms with Gasteiger partial charge in [-0.15, -0.1) is 0 Å². The molecular formula is C21H33NO2. The third kappa shape index (κ3) is 4.00. The topological polar surface area (TPSA) is 52.3 Å². The maximum absolute atomic E-state index is 13.2. The summed E-state index contributed by atoms with van der Waals surface area (Å²) in [5.74, 6) is -0.129. The Kier molecular flexibility index (Phi) is 5.15. The number of carbonyl (C=O) groups excluding carboxylic acids is 1. The molecule has 0 bridgehead atoms. The fourth-order valence-corrected chi connectivity index (χ4v) is 3.65. The van der Waals surface area contributed by atoms with Gasteiger partial charge in [-0.1, -0.05) is 45.0 Å². The molecule has 1 aromatic rings. The van der Waals surface area contributed by atoms with E-state index in [1.165, 1.54) is 11.1 Å². The van der Waals surface area contributed by atoms with Gasteiger partial charge in [0.05, 0.1) is 5.41 Å². The van der Waals surface area contributed by atoms with Gasteiger partial charge in [0.25, 0.3) is 0 Å². The fraction of sp³-hybridized carbons (Fsp3) is 0.667. The minimum atomic E-state index is -0.627. The molecule has 2 N–H and O–H groups in total. The summed E-state index contributed by atoms with van der Waals surface area (Å²) in [7, 11) is 0. The Hall–Kier alpha value is -1.35.